The highest BCUT2D eigenvalue weighted by molar-refractivity contribution is 7.99. The highest BCUT2D eigenvalue weighted by Gasteiger charge is 2.15. The summed E-state index contributed by atoms with van der Waals surface area (Å²) < 4.78 is 7.03. The van der Waals surface area contributed by atoms with E-state index in [-0.39, 0.29) is 17.2 Å². The number of rotatable bonds is 8. The zero-order valence-electron chi connectivity index (χ0n) is 18.9. The molecule has 0 saturated carbocycles. The number of hydrogen-bond acceptors (Lipinski definition) is 6. The van der Waals surface area contributed by atoms with E-state index in [0.717, 1.165) is 11.1 Å². The number of fused-ring (bicyclic) bond motifs is 1. The zero-order chi connectivity index (χ0) is 23.9. The number of aromatic nitrogens is 2. The van der Waals surface area contributed by atoms with Crippen LogP contribution in [0.3, 0.4) is 0 Å². The summed E-state index contributed by atoms with van der Waals surface area (Å²) in [4.78, 5) is 30.4. The second kappa shape index (κ2) is 10.8. The zero-order valence-corrected chi connectivity index (χ0v) is 19.7. The number of carbonyl (C=O) groups is 1. The summed E-state index contributed by atoms with van der Waals surface area (Å²) in [5.74, 6) is 0.467. The molecule has 3 aromatic carbocycles. The van der Waals surface area contributed by atoms with E-state index in [4.69, 9.17) is 4.74 Å². The van der Waals surface area contributed by atoms with Gasteiger partial charge in [0.25, 0.3) is 11.5 Å². The van der Waals surface area contributed by atoms with E-state index in [9.17, 15) is 9.59 Å². The molecule has 0 aliphatic heterocycles. The number of nitrogens with one attached hydrogen (secondary N) is 1. The molecule has 34 heavy (non-hydrogen) atoms. The Labute approximate surface area is 201 Å². The van der Waals surface area contributed by atoms with Crippen molar-refractivity contribution in [2.45, 2.75) is 19.0 Å². The Morgan fingerprint density at radius 2 is 1.82 bits per heavy atom. The third-order valence-corrected chi connectivity index (χ3v) is 5.90. The van der Waals surface area contributed by atoms with Gasteiger partial charge in [0.1, 0.15) is 5.75 Å². The van der Waals surface area contributed by atoms with E-state index < -0.39 is 0 Å². The van der Waals surface area contributed by atoms with Gasteiger partial charge >= 0.3 is 0 Å². The highest BCUT2D eigenvalue weighted by atomic mass is 32.2. The van der Waals surface area contributed by atoms with Crippen LogP contribution >= 0.6 is 11.8 Å². The van der Waals surface area contributed by atoms with Gasteiger partial charge in [0.05, 0.1) is 35.2 Å². The predicted molar refractivity (Wildman–Crippen MR) is 136 cm³/mol. The molecule has 172 valence electrons. The molecule has 4 aromatic rings. The molecule has 0 aliphatic rings. The number of hydrazone groups is 1. The van der Waals surface area contributed by atoms with Crippen molar-refractivity contribution in [1.29, 1.82) is 0 Å². The molecule has 1 amide bonds. The van der Waals surface area contributed by atoms with E-state index in [1.54, 1.807) is 48.7 Å². The molecule has 1 heterocycles. The third kappa shape index (κ3) is 5.52. The van der Waals surface area contributed by atoms with Crippen LogP contribution in [-0.4, -0.2) is 34.0 Å². The minimum atomic E-state index is -0.297. The molecule has 0 atom stereocenters. The maximum absolute atomic E-state index is 13.3. The highest BCUT2D eigenvalue weighted by Crippen LogP contribution is 2.22. The first-order chi connectivity index (χ1) is 16.5. The maximum Gasteiger partial charge on any atom is 0.266 e. The van der Waals surface area contributed by atoms with Gasteiger partial charge in [-0.25, -0.2) is 10.4 Å². The molecule has 4 rings (SSSR count). The molecule has 0 aliphatic carbocycles. The van der Waals surface area contributed by atoms with Crippen LogP contribution < -0.4 is 15.7 Å². The SMILES string of the molecule is CCOc1ccc(-n2c(SCC(=O)NN=Cc3ccc(C)cc3)nc3ccccc3c2=O)cc1. The van der Waals surface area contributed by atoms with Gasteiger partial charge in [-0.05, 0) is 55.8 Å². The standard InChI is InChI=1S/C26H24N4O3S/c1-3-33-21-14-12-20(13-15-21)30-25(32)22-6-4-5-7-23(22)28-26(30)34-17-24(31)29-27-16-19-10-8-18(2)9-11-19/h4-16H,3,17H2,1-2H3,(H,29,31). The summed E-state index contributed by atoms with van der Waals surface area (Å²) >= 11 is 1.18. The van der Waals surface area contributed by atoms with E-state index in [0.29, 0.717) is 34.1 Å². The average Bonchev–Trinajstić information content (AvgIpc) is 2.85. The fourth-order valence-electron chi connectivity index (χ4n) is 3.29. The van der Waals surface area contributed by atoms with Crippen molar-refractivity contribution in [2.75, 3.05) is 12.4 Å². The molecule has 8 heteroatoms. The van der Waals surface area contributed by atoms with Gasteiger partial charge in [-0.3, -0.25) is 14.2 Å². The number of amides is 1. The van der Waals surface area contributed by atoms with Crippen LogP contribution in [0.2, 0.25) is 0 Å². The number of carbonyl (C=O) groups excluding carboxylic acids is 1. The largest absolute Gasteiger partial charge is 0.494 e. The molecule has 0 bridgehead atoms. The Hall–Kier alpha value is -3.91. The summed E-state index contributed by atoms with van der Waals surface area (Å²) in [5, 5.41) is 4.95. The lowest BCUT2D eigenvalue weighted by Crippen LogP contribution is -2.24. The minimum absolute atomic E-state index is 0.0487. The second-order valence-corrected chi connectivity index (χ2v) is 8.41. The fraction of sp³-hybridized carbons (Fsp3) is 0.154. The van der Waals surface area contributed by atoms with Gasteiger partial charge < -0.3 is 4.74 Å². The van der Waals surface area contributed by atoms with Gasteiger partial charge in [0.2, 0.25) is 0 Å². The van der Waals surface area contributed by atoms with Crippen LogP contribution in [0.1, 0.15) is 18.1 Å². The minimum Gasteiger partial charge on any atom is -0.494 e. The maximum atomic E-state index is 13.3. The number of hydrogen-bond donors (Lipinski definition) is 1. The first-order valence-electron chi connectivity index (χ1n) is 10.8. The van der Waals surface area contributed by atoms with Crippen molar-refractivity contribution in [3.63, 3.8) is 0 Å². The summed E-state index contributed by atoms with van der Waals surface area (Å²) in [6, 6.07) is 22.2. The Kier molecular flexibility index (Phi) is 7.39. The number of ether oxygens (including phenoxy) is 1. The summed E-state index contributed by atoms with van der Waals surface area (Å²) in [6.07, 6.45) is 1.59. The molecule has 0 saturated heterocycles. The Morgan fingerprint density at radius 1 is 1.09 bits per heavy atom. The second-order valence-electron chi connectivity index (χ2n) is 7.47. The average molecular weight is 473 g/mol. The van der Waals surface area contributed by atoms with Crippen molar-refractivity contribution in [1.82, 2.24) is 15.0 Å². The first-order valence-corrected chi connectivity index (χ1v) is 11.8. The van der Waals surface area contributed by atoms with Gasteiger partial charge in [0, 0.05) is 0 Å². The lowest BCUT2D eigenvalue weighted by Gasteiger charge is -2.13. The Bertz CT molecular complexity index is 1380. The lowest BCUT2D eigenvalue weighted by molar-refractivity contribution is -0.118. The van der Waals surface area contributed by atoms with Gasteiger partial charge in [0.15, 0.2) is 5.16 Å². The van der Waals surface area contributed by atoms with Crippen LogP contribution in [0.25, 0.3) is 16.6 Å². The van der Waals surface area contributed by atoms with Crippen molar-refractivity contribution in [2.24, 2.45) is 5.10 Å². The van der Waals surface area contributed by atoms with Gasteiger partial charge in [-0.15, -0.1) is 0 Å². The van der Waals surface area contributed by atoms with E-state index in [2.05, 4.69) is 15.5 Å². The molecule has 0 radical (unpaired) electrons. The number of nitrogens with zero attached hydrogens (tertiary/aromatic N) is 3. The van der Waals surface area contributed by atoms with Crippen LogP contribution in [0.5, 0.6) is 5.75 Å². The van der Waals surface area contributed by atoms with Crippen LogP contribution in [0.4, 0.5) is 0 Å². The van der Waals surface area contributed by atoms with Crippen molar-refractivity contribution >= 4 is 34.8 Å². The van der Waals surface area contributed by atoms with Crippen LogP contribution in [-0.2, 0) is 4.79 Å². The molecule has 0 spiro atoms. The molecular formula is C26H24N4O3S. The molecule has 0 unspecified atom stereocenters. The number of aryl methyl sites for hydroxylation is 1. The Balaban J connectivity index is 1.56. The van der Waals surface area contributed by atoms with Crippen molar-refractivity contribution < 1.29 is 9.53 Å². The quantitative estimate of drug-likeness (QED) is 0.179. The number of benzene rings is 3. The van der Waals surface area contributed by atoms with Crippen LogP contribution in [0.15, 0.2) is 87.8 Å². The topological polar surface area (TPSA) is 85.6 Å². The van der Waals surface area contributed by atoms with Gasteiger partial charge in [-0.1, -0.05) is 53.7 Å². The fourth-order valence-corrected chi connectivity index (χ4v) is 4.09. The Morgan fingerprint density at radius 3 is 2.56 bits per heavy atom. The van der Waals surface area contributed by atoms with Crippen molar-refractivity contribution in [3.05, 3.63) is 94.3 Å². The molecular weight excluding hydrogens is 448 g/mol. The van der Waals surface area contributed by atoms with E-state index in [1.165, 1.54) is 16.3 Å². The smallest absolute Gasteiger partial charge is 0.266 e. The number of para-hydroxylation sites is 1. The van der Waals surface area contributed by atoms with E-state index in [1.807, 2.05) is 44.2 Å². The molecule has 1 aromatic heterocycles. The normalized spacial score (nSPS) is 11.1. The molecule has 1 N–H and O–H groups in total. The molecule has 7 nitrogen and oxygen atoms in total. The summed E-state index contributed by atoms with van der Waals surface area (Å²) in [7, 11) is 0. The summed E-state index contributed by atoms with van der Waals surface area (Å²) in [6.45, 7) is 4.48. The van der Waals surface area contributed by atoms with E-state index >= 15 is 0 Å². The summed E-state index contributed by atoms with van der Waals surface area (Å²) in [5.41, 5.74) is 5.59. The van der Waals surface area contributed by atoms with Crippen molar-refractivity contribution in [3.8, 4) is 11.4 Å². The van der Waals surface area contributed by atoms with Gasteiger partial charge in [-0.2, -0.15) is 5.10 Å². The van der Waals surface area contributed by atoms with Crippen LogP contribution in [0, 0.1) is 6.92 Å². The monoisotopic (exact) mass is 472 g/mol. The number of thioether (sulfide) groups is 1. The molecule has 0 fully saturated rings. The third-order valence-electron chi connectivity index (χ3n) is 4.96. The predicted octanol–water partition coefficient (Wildman–Crippen LogP) is 4.34. The first kappa shape index (κ1) is 23.3. The lowest BCUT2D eigenvalue weighted by atomic mass is 10.2.